The van der Waals surface area contributed by atoms with Gasteiger partial charge in [-0.1, -0.05) is 85.7 Å². The second kappa shape index (κ2) is 15.5. The molecule has 2 aromatic rings. The van der Waals surface area contributed by atoms with Crippen molar-refractivity contribution in [3.05, 3.63) is 59.7 Å². The molecule has 0 aliphatic rings. The summed E-state index contributed by atoms with van der Waals surface area (Å²) in [7, 11) is 3.87. The van der Waals surface area contributed by atoms with Crippen molar-refractivity contribution in [3.8, 4) is 11.5 Å². The maximum atomic E-state index is 11.6. The molecule has 6 nitrogen and oxygen atoms in total. The molecule has 0 aromatic heterocycles. The van der Waals surface area contributed by atoms with Crippen LogP contribution in [0.2, 0.25) is 0 Å². The van der Waals surface area contributed by atoms with E-state index in [4.69, 9.17) is 0 Å². The van der Waals surface area contributed by atoms with Gasteiger partial charge >= 0.3 is 21.1 Å². The van der Waals surface area contributed by atoms with Gasteiger partial charge in [-0.2, -0.15) is 10.2 Å². The van der Waals surface area contributed by atoms with Gasteiger partial charge in [-0.3, -0.25) is 0 Å². The van der Waals surface area contributed by atoms with E-state index in [-0.39, 0.29) is 32.6 Å². The largest absolute Gasteiger partial charge is 2.00 e. The maximum absolute atomic E-state index is 11.6. The van der Waals surface area contributed by atoms with Gasteiger partial charge in [0.1, 0.15) is 0 Å². The van der Waals surface area contributed by atoms with E-state index in [1.165, 1.54) is 25.7 Å². The van der Waals surface area contributed by atoms with Crippen LogP contribution in [0.4, 0.5) is 0 Å². The number of benzene rings is 2. The average Bonchev–Trinajstić information content (AvgIpc) is 2.74. The third-order valence-corrected chi connectivity index (χ3v) is 4.84. The molecular formula is C24H32N4O2Pt. The molecule has 0 fully saturated rings. The standard InChI is InChI=1S/C24H34N4O2.Pt/c1-27(25-19-21-13-7-9-15-23(21)29)17-11-5-3-4-6-12-18-28(2)26-20-22-14-8-10-16-24(22)30;/h7-10,13-16,19-20,29-30H,3-6,11-12,17-18H2,1-2H3;/q;+2/p-2/b25-19+,26-20+;. The van der Waals surface area contributed by atoms with Gasteiger partial charge in [0.15, 0.2) is 0 Å². The van der Waals surface area contributed by atoms with Gasteiger partial charge < -0.3 is 20.2 Å². The molecule has 0 atom stereocenters. The molecule has 0 aliphatic carbocycles. The summed E-state index contributed by atoms with van der Waals surface area (Å²) < 4.78 is 0. The summed E-state index contributed by atoms with van der Waals surface area (Å²) in [6, 6.07) is 13.8. The molecule has 0 spiro atoms. The van der Waals surface area contributed by atoms with E-state index in [1.807, 2.05) is 36.2 Å². The smallest absolute Gasteiger partial charge is 0.872 e. The monoisotopic (exact) mass is 603 g/mol. The topological polar surface area (TPSA) is 77.3 Å². The minimum absolute atomic E-state index is 0. The van der Waals surface area contributed by atoms with E-state index in [0.717, 1.165) is 25.9 Å². The van der Waals surface area contributed by atoms with Crippen molar-refractivity contribution < 1.29 is 31.3 Å². The number of unbranched alkanes of at least 4 members (excludes halogenated alkanes) is 5. The van der Waals surface area contributed by atoms with Crippen LogP contribution in [0.3, 0.4) is 0 Å². The Labute approximate surface area is 200 Å². The second-order valence-corrected chi connectivity index (χ2v) is 7.45. The molecule has 0 N–H and O–H groups in total. The molecule has 0 heterocycles. The summed E-state index contributed by atoms with van der Waals surface area (Å²) in [4.78, 5) is 0. The van der Waals surface area contributed by atoms with E-state index >= 15 is 0 Å². The molecular weight excluding hydrogens is 571 g/mol. The van der Waals surface area contributed by atoms with Crippen LogP contribution in [0.1, 0.15) is 49.7 Å². The molecule has 0 saturated carbocycles. The average molecular weight is 604 g/mol. The Kier molecular flexibility index (Phi) is 13.3. The summed E-state index contributed by atoms with van der Waals surface area (Å²) in [5.74, 6) is 0.00223. The van der Waals surface area contributed by atoms with Crippen LogP contribution in [0.25, 0.3) is 0 Å². The molecule has 2 rings (SSSR count). The molecule has 0 aliphatic heterocycles. The van der Waals surface area contributed by atoms with Crippen LogP contribution >= 0.6 is 0 Å². The van der Waals surface area contributed by atoms with E-state index in [1.54, 1.807) is 48.8 Å². The molecule has 31 heavy (non-hydrogen) atoms. The molecule has 0 radical (unpaired) electrons. The van der Waals surface area contributed by atoms with Gasteiger partial charge in [0.25, 0.3) is 0 Å². The first-order chi connectivity index (χ1) is 14.6. The maximum Gasteiger partial charge on any atom is 2.00 e. The normalized spacial score (nSPS) is 11.0. The molecule has 170 valence electrons. The molecule has 2 aromatic carbocycles. The first-order valence-electron chi connectivity index (χ1n) is 10.6. The van der Waals surface area contributed by atoms with Gasteiger partial charge in [0.05, 0.1) is 12.4 Å². The molecule has 7 heteroatoms. The third kappa shape index (κ3) is 11.0. The Morgan fingerprint density at radius 2 is 1.00 bits per heavy atom. The van der Waals surface area contributed by atoms with Crippen LogP contribution in [0, 0.1) is 0 Å². The van der Waals surface area contributed by atoms with Crippen molar-refractivity contribution in [2.24, 2.45) is 10.2 Å². The predicted octanol–water partition coefficient (Wildman–Crippen LogP) is 3.40. The van der Waals surface area contributed by atoms with Crippen molar-refractivity contribution in [2.75, 3.05) is 27.2 Å². The van der Waals surface area contributed by atoms with Crippen LogP contribution in [-0.2, 0) is 21.1 Å². The SMILES string of the molecule is CN(CCCCCCCCN(C)/N=C/c1ccccc1[O-])/N=C/c1ccccc1[O-].[Pt+2]. The third-order valence-electron chi connectivity index (χ3n) is 4.84. The number of para-hydroxylation sites is 2. The van der Waals surface area contributed by atoms with Gasteiger partial charge in [0, 0.05) is 27.2 Å². The Morgan fingerprint density at radius 1 is 0.645 bits per heavy atom. The first-order valence-corrected chi connectivity index (χ1v) is 10.6. The summed E-state index contributed by atoms with van der Waals surface area (Å²) in [5, 5.41) is 35.7. The molecule has 0 bridgehead atoms. The summed E-state index contributed by atoms with van der Waals surface area (Å²) in [5.41, 5.74) is 1.24. The van der Waals surface area contributed by atoms with Crippen molar-refractivity contribution in [1.29, 1.82) is 0 Å². The minimum Gasteiger partial charge on any atom is -0.872 e. The second-order valence-electron chi connectivity index (χ2n) is 7.45. The van der Waals surface area contributed by atoms with Crippen LogP contribution < -0.4 is 10.2 Å². The molecule has 0 amide bonds. The fourth-order valence-corrected chi connectivity index (χ4v) is 3.00. The van der Waals surface area contributed by atoms with E-state index in [9.17, 15) is 10.2 Å². The summed E-state index contributed by atoms with van der Waals surface area (Å²) in [6.45, 7) is 1.77. The summed E-state index contributed by atoms with van der Waals surface area (Å²) in [6.07, 6.45) is 10.2. The van der Waals surface area contributed by atoms with Crippen molar-refractivity contribution in [3.63, 3.8) is 0 Å². The van der Waals surface area contributed by atoms with Crippen molar-refractivity contribution in [1.82, 2.24) is 10.0 Å². The zero-order valence-electron chi connectivity index (χ0n) is 18.4. The van der Waals surface area contributed by atoms with Gasteiger partial charge in [-0.25, -0.2) is 0 Å². The van der Waals surface area contributed by atoms with Gasteiger partial charge in [0.2, 0.25) is 0 Å². The first kappa shape index (κ1) is 26.7. The van der Waals surface area contributed by atoms with Gasteiger partial charge in [-0.15, -0.1) is 0 Å². The van der Waals surface area contributed by atoms with Crippen molar-refractivity contribution in [2.45, 2.75) is 38.5 Å². The van der Waals surface area contributed by atoms with E-state index in [0.29, 0.717) is 11.1 Å². The number of hydrazone groups is 2. The molecule has 0 saturated heterocycles. The van der Waals surface area contributed by atoms with E-state index in [2.05, 4.69) is 10.2 Å². The number of hydrogen-bond donors (Lipinski definition) is 0. The number of rotatable bonds is 13. The van der Waals surface area contributed by atoms with Gasteiger partial charge in [-0.05, 0) is 24.0 Å². The zero-order chi connectivity index (χ0) is 21.6. The summed E-state index contributed by atoms with van der Waals surface area (Å²) >= 11 is 0. The quantitative estimate of drug-likeness (QED) is 0.200. The Bertz CT molecular complexity index is 746. The zero-order valence-corrected chi connectivity index (χ0v) is 20.6. The van der Waals surface area contributed by atoms with Crippen molar-refractivity contribution >= 4 is 12.4 Å². The number of hydrogen-bond acceptors (Lipinski definition) is 6. The minimum atomic E-state index is 0. The van der Waals surface area contributed by atoms with Crippen LogP contribution in [0.5, 0.6) is 11.5 Å². The Hall–Kier alpha value is -2.33. The Balaban J connectivity index is 0.00000480. The van der Waals surface area contributed by atoms with Crippen LogP contribution in [-0.4, -0.2) is 49.6 Å². The molecule has 0 unspecified atom stereocenters. The Morgan fingerprint density at radius 3 is 1.39 bits per heavy atom. The predicted molar refractivity (Wildman–Crippen MR) is 120 cm³/mol. The fourth-order valence-electron chi connectivity index (χ4n) is 3.00. The number of nitrogens with zero attached hydrogens (tertiary/aromatic N) is 4. The fraction of sp³-hybridized carbons (Fsp3) is 0.417. The van der Waals surface area contributed by atoms with E-state index < -0.39 is 0 Å². The van der Waals surface area contributed by atoms with Crippen LogP contribution in [0.15, 0.2) is 58.7 Å².